The van der Waals surface area contributed by atoms with Gasteiger partial charge >= 0.3 is 11.9 Å². The van der Waals surface area contributed by atoms with Crippen molar-refractivity contribution < 1.29 is 29.3 Å². The van der Waals surface area contributed by atoms with Gasteiger partial charge in [-0.05, 0) is 29.8 Å². The molecule has 0 aliphatic carbocycles. The zero-order valence-corrected chi connectivity index (χ0v) is 12.7. The standard InChI is InChI=1S/C14H12O3.C3H5NO3/c15-13-8-6-11(7-9-13)10-17-14(16)12-4-2-1-3-5-12;5-2-4-1-3(6)7/h1-9,15H,10H2;2H,1H2,(H,4,5)(H,6,7). The summed E-state index contributed by atoms with van der Waals surface area (Å²) in [4.78, 5) is 30.5. The first-order valence-electron chi connectivity index (χ1n) is 6.92. The molecule has 0 aliphatic heterocycles. The number of esters is 1. The number of hydrogen-bond donors (Lipinski definition) is 3. The van der Waals surface area contributed by atoms with Crippen molar-refractivity contribution in [2.75, 3.05) is 6.54 Å². The Morgan fingerprint density at radius 2 is 1.67 bits per heavy atom. The lowest BCUT2D eigenvalue weighted by molar-refractivity contribution is -0.136. The summed E-state index contributed by atoms with van der Waals surface area (Å²) in [6.45, 7) is -0.0997. The number of carboxylic acid groups (broad SMARTS) is 1. The molecule has 7 heteroatoms. The highest BCUT2D eigenvalue weighted by Crippen LogP contribution is 2.11. The number of phenols is 1. The Bertz CT molecular complexity index is 655. The monoisotopic (exact) mass is 331 g/mol. The molecule has 0 atom stereocenters. The van der Waals surface area contributed by atoms with Gasteiger partial charge in [-0.2, -0.15) is 0 Å². The molecule has 7 nitrogen and oxygen atoms in total. The third-order valence-electron chi connectivity index (χ3n) is 2.65. The number of hydrogen-bond acceptors (Lipinski definition) is 5. The van der Waals surface area contributed by atoms with Crippen LogP contribution in [-0.4, -0.2) is 35.1 Å². The van der Waals surface area contributed by atoms with Crippen LogP contribution in [0.1, 0.15) is 15.9 Å². The van der Waals surface area contributed by atoms with Crippen LogP contribution in [0, 0.1) is 0 Å². The van der Waals surface area contributed by atoms with Crippen LogP contribution in [0.25, 0.3) is 0 Å². The molecule has 0 radical (unpaired) electrons. The molecule has 1 amide bonds. The molecule has 0 aliphatic rings. The molecule has 0 fully saturated rings. The van der Waals surface area contributed by atoms with Crippen LogP contribution in [0.3, 0.4) is 0 Å². The molecule has 126 valence electrons. The van der Waals surface area contributed by atoms with Gasteiger partial charge in [0.1, 0.15) is 18.9 Å². The van der Waals surface area contributed by atoms with Crippen LogP contribution in [0.5, 0.6) is 5.75 Å². The van der Waals surface area contributed by atoms with E-state index in [1.54, 1.807) is 48.5 Å². The third kappa shape index (κ3) is 7.60. The minimum Gasteiger partial charge on any atom is -0.508 e. The first-order valence-corrected chi connectivity index (χ1v) is 6.92. The number of carbonyl (C=O) groups is 3. The van der Waals surface area contributed by atoms with E-state index in [1.807, 2.05) is 11.4 Å². The summed E-state index contributed by atoms with van der Waals surface area (Å²) in [5.41, 5.74) is 1.37. The number of aromatic hydroxyl groups is 1. The van der Waals surface area contributed by atoms with Crippen LogP contribution in [-0.2, 0) is 20.9 Å². The van der Waals surface area contributed by atoms with Crippen molar-refractivity contribution in [1.82, 2.24) is 5.32 Å². The summed E-state index contributed by atoms with van der Waals surface area (Å²) in [5, 5.41) is 18.9. The number of carbonyl (C=O) groups excluding carboxylic acids is 2. The van der Waals surface area contributed by atoms with Gasteiger partial charge in [-0.25, -0.2) is 4.79 Å². The number of phenolic OH excluding ortho intramolecular Hbond substituents is 1. The van der Waals surface area contributed by atoms with Gasteiger partial charge in [0, 0.05) is 0 Å². The Kier molecular flexibility index (Phi) is 8.09. The SMILES string of the molecule is O=C(OCc1ccc(O)cc1)c1ccccc1.O=CNCC(=O)O. The van der Waals surface area contributed by atoms with Crippen LogP contribution in [0.15, 0.2) is 54.6 Å². The van der Waals surface area contributed by atoms with Gasteiger partial charge in [0.2, 0.25) is 6.41 Å². The highest BCUT2D eigenvalue weighted by Gasteiger charge is 2.05. The number of benzene rings is 2. The lowest BCUT2D eigenvalue weighted by Gasteiger charge is -2.04. The molecular formula is C17H17NO6. The lowest BCUT2D eigenvalue weighted by Crippen LogP contribution is -2.20. The van der Waals surface area contributed by atoms with Crippen molar-refractivity contribution in [3.63, 3.8) is 0 Å². The minimum atomic E-state index is -1.04. The predicted octanol–water partition coefficient (Wildman–Crippen LogP) is 1.57. The average Bonchev–Trinajstić information content (AvgIpc) is 2.60. The van der Waals surface area contributed by atoms with Gasteiger partial charge in [-0.1, -0.05) is 30.3 Å². The van der Waals surface area contributed by atoms with Gasteiger partial charge in [0.25, 0.3) is 0 Å². The van der Waals surface area contributed by atoms with E-state index in [4.69, 9.17) is 14.9 Å². The van der Waals surface area contributed by atoms with Gasteiger partial charge in [-0.15, -0.1) is 0 Å². The minimum absolute atomic E-state index is 0.197. The maximum Gasteiger partial charge on any atom is 0.338 e. The summed E-state index contributed by atoms with van der Waals surface area (Å²) in [7, 11) is 0. The molecule has 3 N–H and O–H groups in total. The number of aliphatic carboxylic acids is 1. The van der Waals surface area contributed by atoms with E-state index < -0.39 is 5.97 Å². The van der Waals surface area contributed by atoms with E-state index >= 15 is 0 Å². The van der Waals surface area contributed by atoms with Crippen molar-refractivity contribution in [3.05, 3.63) is 65.7 Å². The van der Waals surface area contributed by atoms with E-state index in [-0.39, 0.29) is 24.9 Å². The zero-order valence-electron chi connectivity index (χ0n) is 12.7. The van der Waals surface area contributed by atoms with Gasteiger partial charge < -0.3 is 20.3 Å². The Hall–Kier alpha value is -3.35. The average molecular weight is 331 g/mol. The van der Waals surface area contributed by atoms with E-state index in [2.05, 4.69) is 0 Å². The molecule has 0 aromatic heterocycles. The van der Waals surface area contributed by atoms with E-state index in [9.17, 15) is 14.4 Å². The number of ether oxygens (including phenoxy) is 1. The highest BCUT2D eigenvalue weighted by molar-refractivity contribution is 5.89. The molecule has 0 unspecified atom stereocenters. The van der Waals surface area contributed by atoms with Crippen LogP contribution >= 0.6 is 0 Å². The first kappa shape index (κ1) is 18.7. The van der Waals surface area contributed by atoms with Crippen molar-refractivity contribution in [2.24, 2.45) is 0 Å². The molecule has 24 heavy (non-hydrogen) atoms. The fraction of sp³-hybridized carbons (Fsp3) is 0.118. The molecule has 0 saturated carbocycles. The van der Waals surface area contributed by atoms with E-state index in [0.29, 0.717) is 12.0 Å². The maximum absolute atomic E-state index is 11.6. The molecule has 0 heterocycles. The smallest absolute Gasteiger partial charge is 0.338 e. The van der Waals surface area contributed by atoms with Crippen LogP contribution in [0.4, 0.5) is 0 Å². The molecule has 0 saturated heterocycles. The lowest BCUT2D eigenvalue weighted by atomic mass is 10.2. The van der Waals surface area contributed by atoms with E-state index in [1.165, 1.54) is 0 Å². The molecule has 2 aromatic carbocycles. The summed E-state index contributed by atoms with van der Waals surface area (Å²) in [6.07, 6.45) is 0.341. The number of nitrogens with one attached hydrogen (secondary N) is 1. The summed E-state index contributed by atoms with van der Waals surface area (Å²) >= 11 is 0. The van der Waals surface area contributed by atoms with Crippen molar-refractivity contribution in [2.45, 2.75) is 6.61 Å². The Morgan fingerprint density at radius 3 is 2.17 bits per heavy atom. The van der Waals surface area contributed by atoms with Crippen LogP contribution < -0.4 is 5.32 Å². The van der Waals surface area contributed by atoms with E-state index in [0.717, 1.165) is 5.56 Å². The topological polar surface area (TPSA) is 113 Å². The Balaban J connectivity index is 0.000000351. The second-order valence-corrected chi connectivity index (χ2v) is 4.50. The van der Waals surface area contributed by atoms with Crippen molar-refractivity contribution in [1.29, 1.82) is 0 Å². The van der Waals surface area contributed by atoms with Crippen molar-refractivity contribution in [3.8, 4) is 5.75 Å². The molecule has 2 rings (SSSR count). The van der Waals surface area contributed by atoms with Crippen molar-refractivity contribution >= 4 is 18.3 Å². The quantitative estimate of drug-likeness (QED) is 0.547. The first-order chi connectivity index (χ1) is 11.5. The second kappa shape index (κ2) is 10.4. The maximum atomic E-state index is 11.6. The number of rotatable bonds is 6. The molecular weight excluding hydrogens is 314 g/mol. The fourth-order valence-electron chi connectivity index (χ4n) is 1.53. The summed E-state index contributed by atoms with van der Waals surface area (Å²) in [5.74, 6) is -1.19. The molecule has 2 aromatic rings. The summed E-state index contributed by atoms with van der Waals surface area (Å²) in [6, 6.07) is 15.4. The Morgan fingerprint density at radius 1 is 1.04 bits per heavy atom. The second-order valence-electron chi connectivity index (χ2n) is 4.50. The molecule has 0 bridgehead atoms. The largest absolute Gasteiger partial charge is 0.508 e. The van der Waals surface area contributed by atoms with Gasteiger partial charge in [0.05, 0.1) is 5.56 Å². The van der Waals surface area contributed by atoms with Gasteiger partial charge in [0.15, 0.2) is 0 Å². The summed E-state index contributed by atoms with van der Waals surface area (Å²) < 4.78 is 5.13. The number of carboxylic acids is 1. The normalized spacial score (nSPS) is 9.17. The third-order valence-corrected chi connectivity index (χ3v) is 2.65. The zero-order chi connectivity index (χ0) is 17.8. The highest BCUT2D eigenvalue weighted by atomic mass is 16.5. The Labute approximate surface area is 138 Å². The fourth-order valence-corrected chi connectivity index (χ4v) is 1.53. The molecule has 0 spiro atoms. The van der Waals surface area contributed by atoms with Crippen LogP contribution in [0.2, 0.25) is 0 Å². The van der Waals surface area contributed by atoms with Gasteiger partial charge in [-0.3, -0.25) is 9.59 Å². The predicted molar refractivity (Wildman–Crippen MR) is 85.4 cm³/mol. The number of amides is 1.